The summed E-state index contributed by atoms with van der Waals surface area (Å²) in [6, 6.07) is 22.6. The number of carbonyl (C=O) groups is 2. The van der Waals surface area contributed by atoms with Gasteiger partial charge in [-0.25, -0.2) is 4.98 Å². The molecule has 1 aliphatic rings. The predicted molar refractivity (Wildman–Crippen MR) is 141 cm³/mol. The molecule has 0 fully saturated rings. The molecule has 5 aromatic rings. The summed E-state index contributed by atoms with van der Waals surface area (Å²) in [6.07, 6.45) is 0. The van der Waals surface area contributed by atoms with Crippen molar-refractivity contribution in [3.05, 3.63) is 117 Å². The van der Waals surface area contributed by atoms with E-state index in [2.05, 4.69) is 4.98 Å². The van der Waals surface area contributed by atoms with Crippen molar-refractivity contribution in [1.29, 1.82) is 0 Å². The summed E-state index contributed by atoms with van der Waals surface area (Å²) in [4.78, 5) is 46.1. The number of Topliss-reactive ketones (excluding diaryl/α,β-unsaturated/α-hetero) is 1. The van der Waals surface area contributed by atoms with E-state index >= 15 is 0 Å². The van der Waals surface area contributed by atoms with E-state index in [0.717, 1.165) is 11.3 Å². The summed E-state index contributed by atoms with van der Waals surface area (Å²) < 4.78 is 12.0. The lowest BCUT2D eigenvalue weighted by Gasteiger charge is -2.23. The van der Waals surface area contributed by atoms with Gasteiger partial charge in [0.05, 0.1) is 27.6 Å². The zero-order chi connectivity index (χ0) is 25.7. The maximum atomic E-state index is 13.8. The summed E-state index contributed by atoms with van der Waals surface area (Å²) in [5, 5.41) is 0.708. The van der Waals surface area contributed by atoms with Gasteiger partial charge < -0.3 is 9.15 Å². The number of fused-ring (bicyclic) bond motifs is 2. The highest BCUT2D eigenvalue weighted by Gasteiger charge is 2.45. The molecule has 0 saturated carbocycles. The zero-order valence-corrected chi connectivity index (χ0v) is 20.7. The number of amides is 1. The summed E-state index contributed by atoms with van der Waals surface area (Å²) in [7, 11) is 0. The minimum atomic E-state index is -0.812. The number of ketones is 1. The van der Waals surface area contributed by atoms with Crippen LogP contribution < -0.4 is 15.1 Å². The molecule has 0 aliphatic carbocycles. The van der Waals surface area contributed by atoms with Gasteiger partial charge in [0.15, 0.2) is 16.3 Å². The molecule has 0 spiro atoms. The van der Waals surface area contributed by atoms with E-state index in [4.69, 9.17) is 9.15 Å². The van der Waals surface area contributed by atoms with Crippen molar-refractivity contribution in [2.24, 2.45) is 0 Å². The number of nitrogens with zero attached hydrogens (tertiary/aromatic N) is 2. The Hall–Kier alpha value is -4.56. The number of anilines is 1. The van der Waals surface area contributed by atoms with Gasteiger partial charge in [0, 0.05) is 6.92 Å². The molecule has 7 nitrogen and oxygen atoms in total. The smallest absolute Gasteiger partial charge is 0.297 e. The first kappa shape index (κ1) is 22.9. The molecular weight excluding hydrogens is 488 g/mol. The van der Waals surface area contributed by atoms with Crippen LogP contribution >= 0.6 is 11.3 Å². The van der Waals surface area contributed by atoms with Gasteiger partial charge in [0.1, 0.15) is 17.1 Å². The van der Waals surface area contributed by atoms with Crippen LogP contribution in [0, 0.1) is 6.92 Å². The predicted octanol–water partition coefficient (Wildman–Crippen LogP) is 6.30. The van der Waals surface area contributed by atoms with Crippen LogP contribution in [0.15, 0.2) is 88.1 Å². The third-order valence-corrected chi connectivity index (χ3v) is 7.50. The van der Waals surface area contributed by atoms with Crippen molar-refractivity contribution in [2.75, 3.05) is 4.90 Å². The molecule has 3 heterocycles. The molecule has 0 saturated heterocycles. The first-order valence-corrected chi connectivity index (χ1v) is 12.4. The van der Waals surface area contributed by atoms with Crippen LogP contribution in [0.4, 0.5) is 5.13 Å². The number of hydrogen-bond acceptors (Lipinski definition) is 7. The molecule has 2 aromatic heterocycles. The maximum absolute atomic E-state index is 13.8. The molecule has 1 aliphatic heterocycles. The van der Waals surface area contributed by atoms with Gasteiger partial charge in [-0.15, -0.1) is 0 Å². The number of aromatic nitrogens is 1. The van der Waals surface area contributed by atoms with Crippen LogP contribution in [0.5, 0.6) is 11.5 Å². The lowest BCUT2D eigenvalue weighted by molar-refractivity contribution is 0.0969. The molecule has 0 bridgehead atoms. The Labute approximate surface area is 215 Å². The summed E-state index contributed by atoms with van der Waals surface area (Å²) in [5.74, 6) is 0.558. The Balaban J connectivity index is 1.55. The second-order valence-corrected chi connectivity index (χ2v) is 9.68. The number of hydrogen-bond donors (Lipinski definition) is 0. The molecule has 0 radical (unpaired) electrons. The SMILES string of the molecule is CC(=O)c1sc(N2C(=O)c3oc4ccccc4c(=O)c3[C@@H]2c2cccc(Oc3ccccc3)c2)nc1C. The van der Waals surface area contributed by atoms with Crippen molar-refractivity contribution in [2.45, 2.75) is 19.9 Å². The molecule has 37 heavy (non-hydrogen) atoms. The number of rotatable bonds is 5. The molecule has 0 unspecified atom stereocenters. The van der Waals surface area contributed by atoms with Gasteiger partial charge in [-0.3, -0.25) is 19.3 Å². The standard InChI is InChI=1S/C29H20N2O5S/c1-16-27(17(2)32)37-29(30-16)31-24(18-9-8-12-20(15-18)35-19-10-4-3-5-11-19)23-25(33)21-13-6-7-14-22(21)36-26(23)28(31)34/h3-15,24H,1-2H3/t24-/m0/s1. The number of carbonyl (C=O) groups excluding carboxylic acids is 2. The Morgan fingerprint density at radius 1 is 0.973 bits per heavy atom. The minimum absolute atomic E-state index is 0.0275. The topological polar surface area (TPSA) is 89.7 Å². The third kappa shape index (κ3) is 3.82. The van der Waals surface area contributed by atoms with E-state index in [0.29, 0.717) is 43.7 Å². The van der Waals surface area contributed by atoms with Gasteiger partial charge in [-0.05, 0) is 48.9 Å². The van der Waals surface area contributed by atoms with Crippen LogP contribution in [-0.2, 0) is 0 Å². The maximum Gasteiger partial charge on any atom is 0.297 e. The monoisotopic (exact) mass is 508 g/mol. The molecule has 1 amide bonds. The molecule has 8 heteroatoms. The highest BCUT2D eigenvalue weighted by atomic mass is 32.1. The Kier molecular flexibility index (Phi) is 5.46. The van der Waals surface area contributed by atoms with Crippen LogP contribution in [0.1, 0.15) is 50.0 Å². The minimum Gasteiger partial charge on any atom is -0.457 e. The van der Waals surface area contributed by atoms with Crippen LogP contribution in [0.2, 0.25) is 0 Å². The van der Waals surface area contributed by atoms with E-state index in [1.54, 1.807) is 37.3 Å². The van der Waals surface area contributed by atoms with E-state index in [1.807, 2.05) is 48.5 Å². The number of thiazole rings is 1. The Bertz CT molecular complexity index is 1760. The second-order valence-electron chi connectivity index (χ2n) is 8.70. The van der Waals surface area contributed by atoms with Crippen LogP contribution in [-0.4, -0.2) is 16.7 Å². The van der Waals surface area contributed by atoms with E-state index in [9.17, 15) is 14.4 Å². The fourth-order valence-electron chi connectivity index (χ4n) is 4.62. The Morgan fingerprint density at radius 2 is 1.70 bits per heavy atom. The second kappa shape index (κ2) is 8.83. The Morgan fingerprint density at radius 3 is 2.46 bits per heavy atom. The highest BCUT2D eigenvalue weighted by Crippen LogP contribution is 2.44. The summed E-state index contributed by atoms with van der Waals surface area (Å²) in [5.41, 5.74) is 1.46. The number of para-hydroxylation sites is 2. The molecule has 182 valence electrons. The molecule has 0 N–H and O–H groups in total. The largest absolute Gasteiger partial charge is 0.457 e. The van der Waals surface area contributed by atoms with Gasteiger partial charge in [0.2, 0.25) is 5.76 Å². The summed E-state index contributed by atoms with van der Waals surface area (Å²) >= 11 is 1.12. The highest BCUT2D eigenvalue weighted by molar-refractivity contribution is 7.17. The fraction of sp³-hybridized carbons (Fsp3) is 0.103. The normalized spacial score (nSPS) is 14.7. The van der Waals surface area contributed by atoms with Crippen molar-refractivity contribution in [3.8, 4) is 11.5 Å². The van der Waals surface area contributed by atoms with Crippen molar-refractivity contribution in [3.63, 3.8) is 0 Å². The van der Waals surface area contributed by atoms with Crippen molar-refractivity contribution >= 4 is 39.1 Å². The lowest BCUT2D eigenvalue weighted by atomic mass is 9.98. The summed E-state index contributed by atoms with van der Waals surface area (Å²) in [6.45, 7) is 3.19. The zero-order valence-electron chi connectivity index (χ0n) is 19.9. The van der Waals surface area contributed by atoms with Gasteiger partial charge >= 0.3 is 0 Å². The van der Waals surface area contributed by atoms with Crippen LogP contribution in [0.25, 0.3) is 11.0 Å². The molecule has 6 rings (SSSR count). The van der Waals surface area contributed by atoms with E-state index in [-0.39, 0.29) is 22.5 Å². The molecule has 3 aromatic carbocycles. The third-order valence-electron chi connectivity index (χ3n) is 6.24. The van der Waals surface area contributed by atoms with Crippen molar-refractivity contribution in [1.82, 2.24) is 4.98 Å². The lowest BCUT2D eigenvalue weighted by Crippen LogP contribution is -2.29. The van der Waals surface area contributed by atoms with Gasteiger partial charge in [-0.1, -0.05) is 53.8 Å². The average molecular weight is 509 g/mol. The van der Waals surface area contributed by atoms with Gasteiger partial charge in [0.25, 0.3) is 5.91 Å². The quantitative estimate of drug-likeness (QED) is 0.259. The molecular formula is C29H20N2O5S. The van der Waals surface area contributed by atoms with Crippen LogP contribution in [0.3, 0.4) is 0 Å². The first-order chi connectivity index (χ1) is 17.9. The molecule has 1 atom stereocenters. The number of benzene rings is 3. The number of ether oxygens (including phenoxy) is 1. The van der Waals surface area contributed by atoms with Gasteiger partial charge in [-0.2, -0.15) is 0 Å². The van der Waals surface area contributed by atoms with E-state index < -0.39 is 11.9 Å². The van der Waals surface area contributed by atoms with E-state index in [1.165, 1.54) is 11.8 Å². The average Bonchev–Trinajstić information content (AvgIpc) is 3.42. The first-order valence-electron chi connectivity index (χ1n) is 11.6. The number of aryl methyl sites for hydroxylation is 1. The van der Waals surface area contributed by atoms with Crippen molar-refractivity contribution < 1.29 is 18.7 Å². The fourth-order valence-corrected chi connectivity index (χ4v) is 5.61.